The molecule has 98 valence electrons. The summed E-state index contributed by atoms with van der Waals surface area (Å²) in [5, 5.41) is 0. The van der Waals surface area contributed by atoms with E-state index in [4.69, 9.17) is 9.47 Å². The van der Waals surface area contributed by atoms with Crippen molar-refractivity contribution in [1.29, 1.82) is 0 Å². The first-order valence-corrected chi connectivity index (χ1v) is 5.85. The minimum atomic E-state index is -0.459. The lowest BCUT2D eigenvalue weighted by Crippen LogP contribution is -2.05. The Morgan fingerprint density at radius 1 is 1.16 bits per heavy atom. The Bertz CT molecular complexity index is 608. The summed E-state index contributed by atoms with van der Waals surface area (Å²) in [7, 11) is 2.81. The maximum atomic E-state index is 11.7. The highest BCUT2D eigenvalue weighted by Gasteiger charge is 2.15. The summed E-state index contributed by atoms with van der Waals surface area (Å²) >= 11 is 0. The first-order chi connectivity index (χ1) is 9.15. The zero-order chi connectivity index (χ0) is 13.8. The highest BCUT2D eigenvalue weighted by Crippen LogP contribution is 2.25. The highest BCUT2D eigenvalue weighted by atomic mass is 16.5. The maximum absolute atomic E-state index is 11.7. The Balaban J connectivity index is 2.51. The molecule has 0 unspecified atom stereocenters. The largest absolute Gasteiger partial charge is 0.480 e. The second-order valence-corrected chi connectivity index (χ2v) is 4.14. The summed E-state index contributed by atoms with van der Waals surface area (Å²) in [6.07, 6.45) is 1.68. The van der Waals surface area contributed by atoms with Gasteiger partial charge >= 0.3 is 5.97 Å². The van der Waals surface area contributed by atoms with E-state index in [2.05, 4.69) is 4.98 Å². The number of carbonyl (C=O) groups is 1. The Morgan fingerprint density at radius 2 is 1.95 bits per heavy atom. The third kappa shape index (κ3) is 2.73. The van der Waals surface area contributed by atoms with E-state index < -0.39 is 5.97 Å². The minimum Gasteiger partial charge on any atom is -0.480 e. The van der Waals surface area contributed by atoms with Crippen LogP contribution in [0.4, 0.5) is 0 Å². The number of ether oxygens (including phenoxy) is 2. The molecule has 1 heterocycles. The van der Waals surface area contributed by atoms with Gasteiger partial charge in [0.2, 0.25) is 5.88 Å². The number of pyridine rings is 1. The second kappa shape index (κ2) is 5.52. The fraction of sp³-hybridized carbons (Fsp3) is 0.200. The second-order valence-electron chi connectivity index (χ2n) is 4.14. The van der Waals surface area contributed by atoms with E-state index in [0.717, 1.165) is 16.7 Å². The van der Waals surface area contributed by atoms with Gasteiger partial charge < -0.3 is 9.47 Å². The van der Waals surface area contributed by atoms with Crippen molar-refractivity contribution >= 4 is 5.97 Å². The fourth-order valence-electron chi connectivity index (χ4n) is 1.85. The third-order valence-electron chi connectivity index (χ3n) is 2.80. The lowest BCUT2D eigenvalue weighted by molar-refractivity contribution is 0.0596. The Morgan fingerprint density at radius 3 is 2.58 bits per heavy atom. The van der Waals surface area contributed by atoms with Crippen LogP contribution in [0, 0.1) is 6.92 Å². The summed E-state index contributed by atoms with van der Waals surface area (Å²) in [5.41, 5.74) is 3.32. The summed E-state index contributed by atoms with van der Waals surface area (Å²) < 4.78 is 9.81. The maximum Gasteiger partial charge on any atom is 0.343 e. The number of nitrogens with zero attached hydrogens (tertiary/aromatic N) is 1. The van der Waals surface area contributed by atoms with Crippen molar-refractivity contribution in [2.24, 2.45) is 0 Å². The lowest BCUT2D eigenvalue weighted by atomic mass is 10.0. The molecule has 0 aliphatic heterocycles. The molecule has 0 aliphatic carbocycles. The van der Waals surface area contributed by atoms with Gasteiger partial charge in [-0.25, -0.2) is 9.78 Å². The van der Waals surface area contributed by atoms with Gasteiger partial charge in [0, 0.05) is 11.8 Å². The molecule has 1 aromatic carbocycles. The van der Waals surface area contributed by atoms with Crippen LogP contribution in [0.1, 0.15) is 15.9 Å². The number of esters is 1. The zero-order valence-electron chi connectivity index (χ0n) is 11.1. The summed E-state index contributed by atoms with van der Waals surface area (Å²) in [6, 6.07) is 9.71. The Hall–Kier alpha value is -2.36. The van der Waals surface area contributed by atoms with E-state index in [0.29, 0.717) is 5.56 Å². The number of aromatic nitrogens is 1. The van der Waals surface area contributed by atoms with E-state index in [-0.39, 0.29) is 5.88 Å². The van der Waals surface area contributed by atoms with Crippen LogP contribution < -0.4 is 4.74 Å². The smallest absolute Gasteiger partial charge is 0.343 e. The molecule has 2 aromatic rings. The average molecular weight is 257 g/mol. The molecule has 0 atom stereocenters. The van der Waals surface area contributed by atoms with Gasteiger partial charge in [0.15, 0.2) is 0 Å². The van der Waals surface area contributed by atoms with Gasteiger partial charge in [0.25, 0.3) is 0 Å². The minimum absolute atomic E-state index is 0.267. The van der Waals surface area contributed by atoms with Crippen molar-refractivity contribution in [2.75, 3.05) is 14.2 Å². The molecule has 0 fully saturated rings. The molecule has 0 aliphatic rings. The van der Waals surface area contributed by atoms with Crippen molar-refractivity contribution in [2.45, 2.75) is 6.92 Å². The highest BCUT2D eigenvalue weighted by molar-refractivity contribution is 5.93. The van der Waals surface area contributed by atoms with Gasteiger partial charge in [-0.2, -0.15) is 0 Å². The first-order valence-electron chi connectivity index (χ1n) is 5.85. The monoisotopic (exact) mass is 257 g/mol. The van der Waals surface area contributed by atoms with Gasteiger partial charge in [-0.3, -0.25) is 0 Å². The van der Waals surface area contributed by atoms with Crippen molar-refractivity contribution in [1.82, 2.24) is 4.98 Å². The summed E-state index contributed by atoms with van der Waals surface area (Å²) in [6.45, 7) is 2.02. The molecular formula is C15H15NO3. The van der Waals surface area contributed by atoms with E-state index in [1.54, 1.807) is 12.3 Å². The van der Waals surface area contributed by atoms with Crippen LogP contribution in [0.3, 0.4) is 0 Å². The molecule has 0 saturated carbocycles. The van der Waals surface area contributed by atoms with E-state index in [1.165, 1.54) is 14.2 Å². The van der Waals surface area contributed by atoms with Crippen LogP contribution >= 0.6 is 0 Å². The molecule has 0 N–H and O–H groups in total. The van der Waals surface area contributed by atoms with Crippen LogP contribution in [0.5, 0.6) is 5.88 Å². The molecule has 0 spiro atoms. The van der Waals surface area contributed by atoms with Crippen molar-refractivity contribution in [3.05, 3.63) is 47.7 Å². The third-order valence-corrected chi connectivity index (χ3v) is 2.80. The van der Waals surface area contributed by atoms with Gasteiger partial charge in [-0.1, -0.05) is 29.8 Å². The summed E-state index contributed by atoms with van der Waals surface area (Å²) in [5.74, 6) is -0.192. The molecule has 0 amide bonds. The molecule has 0 saturated heterocycles. The number of carbonyl (C=O) groups excluding carboxylic acids is 1. The van der Waals surface area contributed by atoms with Gasteiger partial charge in [0.05, 0.1) is 14.2 Å². The molecular weight excluding hydrogens is 242 g/mol. The molecule has 19 heavy (non-hydrogen) atoms. The number of methoxy groups -OCH3 is 2. The Kier molecular flexibility index (Phi) is 3.80. The van der Waals surface area contributed by atoms with Crippen LogP contribution in [0.15, 0.2) is 36.5 Å². The van der Waals surface area contributed by atoms with Crippen LogP contribution in [0.2, 0.25) is 0 Å². The van der Waals surface area contributed by atoms with Crippen molar-refractivity contribution < 1.29 is 14.3 Å². The fourth-order valence-corrected chi connectivity index (χ4v) is 1.85. The topological polar surface area (TPSA) is 48.4 Å². The standard InChI is InChI=1S/C15H15NO3/c1-10-5-4-6-11(7-10)12-8-13(15(17)19-3)14(18-2)16-9-12/h4-9H,1-3H3. The number of benzene rings is 1. The summed E-state index contributed by atoms with van der Waals surface area (Å²) in [4.78, 5) is 15.9. The molecule has 4 heteroatoms. The molecule has 0 bridgehead atoms. The first kappa shape index (κ1) is 13.1. The van der Waals surface area contributed by atoms with Crippen molar-refractivity contribution in [3.63, 3.8) is 0 Å². The van der Waals surface area contributed by atoms with E-state index in [9.17, 15) is 4.79 Å². The number of rotatable bonds is 3. The molecule has 1 aromatic heterocycles. The quantitative estimate of drug-likeness (QED) is 0.793. The molecule has 2 rings (SSSR count). The van der Waals surface area contributed by atoms with E-state index >= 15 is 0 Å². The normalized spacial score (nSPS) is 10.1. The van der Waals surface area contributed by atoms with Gasteiger partial charge in [-0.15, -0.1) is 0 Å². The average Bonchev–Trinajstić information content (AvgIpc) is 2.45. The predicted octanol–water partition coefficient (Wildman–Crippen LogP) is 2.85. The van der Waals surface area contributed by atoms with Gasteiger partial charge in [0.1, 0.15) is 5.56 Å². The number of hydrogen-bond acceptors (Lipinski definition) is 4. The zero-order valence-corrected chi connectivity index (χ0v) is 11.1. The molecule has 4 nitrogen and oxygen atoms in total. The SMILES string of the molecule is COC(=O)c1cc(-c2cccc(C)c2)cnc1OC. The number of aryl methyl sites for hydroxylation is 1. The van der Waals surface area contributed by atoms with Crippen LogP contribution in [0.25, 0.3) is 11.1 Å². The van der Waals surface area contributed by atoms with Gasteiger partial charge in [-0.05, 0) is 18.6 Å². The number of hydrogen-bond donors (Lipinski definition) is 0. The van der Waals surface area contributed by atoms with Crippen LogP contribution in [-0.2, 0) is 4.74 Å². The van der Waals surface area contributed by atoms with Crippen LogP contribution in [-0.4, -0.2) is 25.2 Å². The molecule has 0 radical (unpaired) electrons. The Labute approximate surface area is 112 Å². The van der Waals surface area contributed by atoms with E-state index in [1.807, 2.05) is 31.2 Å². The van der Waals surface area contributed by atoms with Crippen molar-refractivity contribution in [3.8, 4) is 17.0 Å². The lowest BCUT2D eigenvalue weighted by Gasteiger charge is -2.08. The predicted molar refractivity (Wildman–Crippen MR) is 72.3 cm³/mol.